The van der Waals surface area contributed by atoms with Gasteiger partial charge < -0.3 is 9.09 Å². The third-order valence-corrected chi connectivity index (χ3v) is 9.42. The molecule has 4 nitrogen and oxygen atoms in total. The average Bonchev–Trinajstić information content (AvgIpc) is 3.26. The van der Waals surface area contributed by atoms with Crippen LogP contribution in [0.4, 0.5) is 6.01 Å². The molecule has 0 N–H and O–H groups in total. The van der Waals surface area contributed by atoms with Crippen molar-refractivity contribution in [1.82, 2.24) is 10.1 Å². The number of aromatic nitrogens is 2. The monoisotopic (exact) mass is 357 g/mol. The molecule has 0 radical (unpaired) electrons. The lowest BCUT2D eigenvalue weighted by Gasteiger charge is -2.40. The summed E-state index contributed by atoms with van der Waals surface area (Å²) in [6, 6.07) is 32.4. The fourth-order valence-electron chi connectivity index (χ4n) is 3.58. The van der Waals surface area contributed by atoms with Crippen LogP contribution in [-0.4, -0.2) is 25.4 Å². The molecule has 0 saturated heterocycles. The maximum atomic E-state index is 5.47. The van der Waals surface area contributed by atoms with Crippen molar-refractivity contribution in [3.05, 3.63) is 97.3 Å². The molecular weight excluding hydrogens is 338 g/mol. The molecule has 0 aliphatic carbocycles. The lowest BCUT2D eigenvalue weighted by atomic mass is 10.3. The van der Waals surface area contributed by atoms with Gasteiger partial charge in [0, 0.05) is 7.05 Å². The Morgan fingerprint density at radius 2 is 1.12 bits per heavy atom. The molecule has 128 valence electrons. The number of nitrogens with zero attached hydrogens (tertiary/aromatic N) is 3. The highest BCUT2D eigenvalue weighted by atomic mass is 28.3. The van der Waals surface area contributed by atoms with Gasteiger partial charge in [0.05, 0.1) is 0 Å². The standard InChI is InChI=1S/C21H19N3OSi/c1-24(21-22-17-23-25-21)26(18-11-5-2-6-12-18,19-13-7-3-8-14-19)20-15-9-4-10-16-20/h2-17H,1H3. The molecule has 4 aromatic rings. The van der Waals surface area contributed by atoms with Gasteiger partial charge in [-0.2, -0.15) is 4.98 Å². The minimum Gasteiger partial charge on any atom is -0.341 e. The van der Waals surface area contributed by atoms with Crippen LogP contribution in [0.3, 0.4) is 0 Å². The van der Waals surface area contributed by atoms with E-state index >= 15 is 0 Å². The zero-order valence-corrected chi connectivity index (χ0v) is 15.5. The maximum Gasteiger partial charge on any atom is 0.316 e. The fourth-order valence-corrected chi connectivity index (χ4v) is 8.15. The quantitative estimate of drug-likeness (QED) is 0.406. The Morgan fingerprint density at radius 1 is 0.692 bits per heavy atom. The summed E-state index contributed by atoms with van der Waals surface area (Å²) in [5.74, 6) is 0. The van der Waals surface area contributed by atoms with E-state index in [2.05, 4.69) is 87.5 Å². The van der Waals surface area contributed by atoms with Crippen LogP contribution in [0.2, 0.25) is 0 Å². The Morgan fingerprint density at radius 3 is 1.46 bits per heavy atom. The minimum absolute atomic E-state index is 0.522. The van der Waals surface area contributed by atoms with Gasteiger partial charge in [-0.05, 0) is 15.6 Å². The zero-order chi connectivity index (χ0) is 17.8. The van der Waals surface area contributed by atoms with Crippen molar-refractivity contribution < 1.29 is 4.52 Å². The molecular formula is C21H19N3OSi. The first-order valence-electron chi connectivity index (χ1n) is 8.50. The van der Waals surface area contributed by atoms with Crippen LogP contribution in [0.5, 0.6) is 0 Å². The van der Waals surface area contributed by atoms with Gasteiger partial charge in [-0.25, -0.2) is 0 Å². The Kier molecular flexibility index (Phi) is 4.37. The van der Waals surface area contributed by atoms with E-state index in [1.807, 2.05) is 25.2 Å². The van der Waals surface area contributed by atoms with Crippen molar-refractivity contribution >= 4 is 29.8 Å². The second-order valence-electron chi connectivity index (χ2n) is 6.09. The largest absolute Gasteiger partial charge is 0.341 e. The van der Waals surface area contributed by atoms with E-state index in [1.54, 1.807) is 0 Å². The SMILES string of the molecule is CN(c1ncno1)[Si](c1ccccc1)(c1ccccc1)c1ccccc1. The molecule has 0 saturated carbocycles. The van der Waals surface area contributed by atoms with Gasteiger partial charge in [-0.1, -0.05) is 96.2 Å². The van der Waals surface area contributed by atoms with E-state index in [-0.39, 0.29) is 0 Å². The first-order valence-corrected chi connectivity index (χ1v) is 10.5. The summed E-state index contributed by atoms with van der Waals surface area (Å²) in [5.41, 5.74) is 0. The Balaban J connectivity index is 2.07. The highest BCUT2D eigenvalue weighted by Crippen LogP contribution is 2.18. The average molecular weight is 357 g/mol. The molecule has 0 amide bonds. The minimum atomic E-state index is -2.59. The molecule has 3 aromatic carbocycles. The van der Waals surface area contributed by atoms with Crippen molar-refractivity contribution in [2.45, 2.75) is 0 Å². The topological polar surface area (TPSA) is 42.2 Å². The van der Waals surface area contributed by atoms with Gasteiger partial charge in [-0.3, -0.25) is 0 Å². The second kappa shape index (κ2) is 6.97. The molecule has 0 atom stereocenters. The predicted molar refractivity (Wildman–Crippen MR) is 107 cm³/mol. The summed E-state index contributed by atoms with van der Waals surface area (Å²) in [6.45, 7) is 0. The molecule has 5 heteroatoms. The summed E-state index contributed by atoms with van der Waals surface area (Å²) in [7, 11) is -0.546. The molecule has 0 unspecified atom stereocenters. The molecule has 0 aliphatic rings. The number of hydrogen-bond acceptors (Lipinski definition) is 4. The first-order chi connectivity index (χ1) is 12.8. The van der Waals surface area contributed by atoms with Gasteiger partial charge in [0.15, 0.2) is 6.33 Å². The van der Waals surface area contributed by atoms with E-state index in [0.717, 1.165) is 0 Å². The van der Waals surface area contributed by atoms with Gasteiger partial charge >= 0.3 is 6.01 Å². The normalized spacial score (nSPS) is 11.3. The molecule has 1 aromatic heterocycles. The highest BCUT2D eigenvalue weighted by Gasteiger charge is 2.46. The number of anilines is 1. The number of hydrogen-bond donors (Lipinski definition) is 0. The summed E-state index contributed by atoms with van der Waals surface area (Å²) < 4.78 is 7.65. The molecule has 4 rings (SSSR count). The molecule has 0 spiro atoms. The summed E-state index contributed by atoms with van der Waals surface area (Å²) >= 11 is 0. The van der Waals surface area contributed by atoms with Crippen molar-refractivity contribution in [3.8, 4) is 0 Å². The Labute approximate surface area is 153 Å². The fraction of sp³-hybridized carbons (Fsp3) is 0.0476. The van der Waals surface area contributed by atoms with Crippen LogP contribution in [0.15, 0.2) is 102 Å². The number of rotatable bonds is 5. The summed E-state index contributed by atoms with van der Waals surface area (Å²) in [6.07, 6.45) is 1.45. The van der Waals surface area contributed by atoms with E-state index in [1.165, 1.54) is 21.9 Å². The van der Waals surface area contributed by atoms with E-state index in [0.29, 0.717) is 6.01 Å². The Hall–Kier alpha value is -3.18. The van der Waals surface area contributed by atoms with Gasteiger partial charge in [-0.15, -0.1) is 0 Å². The Bertz CT molecular complexity index is 848. The van der Waals surface area contributed by atoms with E-state index in [9.17, 15) is 0 Å². The molecule has 0 fully saturated rings. The third kappa shape index (κ3) is 2.62. The van der Waals surface area contributed by atoms with Crippen molar-refractivity contribution in [2.75, 3.05) is 11.6 Å². The van der Waals surface area contributed by atoms with Crippen molar-refractivity contribution in [1.29, 1.82) is 0 Å². The van der Waals surface area contributed by atoms with Gasteiger partial charge in [0.1, 0.15) is 0 Å². The zero-order valence-electron chi connectivity index (χ0n) is 14.5. The number of benzene rings is 3. The lowest BCUT2D eigenvalue weighted by Crippen LogP contribution is -2.77. The molecule has 0 aliphatic heterocycles. The first kappa shape index (κ1) is 16.3. The van der Waals surface area contributed by atoms with E-state index < -0.39 is 8.24 Å². The van der Waals surface area contributed by atoms with Crippen molar-refractivity contribution in [3.63, 3.8) is 0 Å². The van der Waals surface area contributed by atoms with Crippen LogP contribution in [0.25, 0.3) is 0 Å². The molecule has 26 heavy (non-hydrogen) atoms. The molecule has 0 bridgehead atoms. The molecule has 1 heterocycles. The van der Waals surface area contributed by atoms with Gasteiger partial charge in [0.2, 0.25) is 0 Å². The second-order valence-corrected chi connectivity index (χ2v) is 9.92. The van der Waals surface area contributed by atoms with Crippen LogP contribution < -0.4 is 20.1 Å². The van der Waals surface area contributed by atoms with Crippen LogP contribution >= 0.6 is 0 Å². The summed E-state index contributed by atoms with van der Waals surface area (Å²) in [4.78, 5) is 4.34. The summed E-state index contributed by atoms with van der Waals surface area (Å²) in [5, 5.41) is 7.62. The maximum absolute atomic E-state index is 5.47. The lowest BCUT2D eigenvalue weighted by molar-refractivity contribution is 0.425. The van der Waals surface area contributed by atoms with Crippen molar-refractivity contribution in [2.24, 2.45) is 0 Å². The van der Waals surface area contributed by atoms with Crippen LogP contribution in [0.1, 0.15) is 0 Å². The van der Waals surface area contributed by atoms with Crippen LogP contribution in [-0.2, 0) is 0 Å². The van der Waals surface area contributed by atoms with Crippen LogP contribution in [0, 0.1) is 0 Å². The highest BCUT2D eigenvalue weighted by molar-refractivity contribution is 7.13. The van der Waals surface area contributed by atoms with E-state index in [4.69, 9.17) is 4.52 Å². The third-order valence-electron chi connectivity index (χ3n) is 4.71. The smallest absolute Gasteiger partial charge is 0.316 e. The predicted octanol–water partition coefficient (Wildman–Crippen LogP) is 2.17. The van der Waals surface area contributed by atoms with Gasteiger partial charge in [0.25, 0.3) is 8.24 Å².